The van der Waals surface area contributed by atoms with Crippen molar-refractivity contribution < 1.29 is 19.4 Å². The number of phenols is 1. The van der Waals surface area contributed by atoms with Crippen LogP contribution in [0.3, 0.4) is 0 Å². The average Bonchev–Trinajstić information content (AvgIpc) is 2.51. The monoisotopic (exact) mass is 468 g/mol. The van der Waals surface area contributed by atoms with Gasteiger partial charge in [0.25, 0.3) is 0 Å². The number of carbonyl (C=O) groups excluding carboxylic acids is 1. The lowest BCUT2D eigenvalue weighted by atomic mass is 9.95. The summed E-state index contributed by atoms with van der Waals surface area (Å²) in [5, 5.41) is 16.6. The first-order valence-electron chi connectivity index (χ1n) is 6.43. The Balaban J connectivity index is 2.67. The fourth-order valence-corrected chi connectivity index (χ4v) is 3.39. The van der Waals surface area contributed by atoms with E-state index in [2.05, 4.69) is 10.6 Å². The molecule has 0 saturated heterocycles. The van der Waals surface area contributed by atoms with Crippen LogP contribution in [-0.2, 0) is 9.53 Å². The number of hydrogen-bond acceptors (Lipinski definition) is 5. The summed E-state index contributed by atoms with van der Waals surface area (Å²) in [5.41, 5.74) is 1.48. The minimum absolute atomic E-state index is 0.0568. The van der Waals surface area contributed by atoms with E-state index < -0.39 is 12.0 Å². The van der Waals surface area contributed by atoms with Gasteiger partial charge >= 0.3 is 5.97 Å². The SMILES string of the molecule is COC(=O)C1=C(C)NC(=S)N[C@H]1c1cc(OC)c(O)c(I)c1Cl. The number of carbonyl (C=O) groups is 1. The predicted molar refractivity (Wildman–Crippen MR) is 98.7 cm³/mol. The third kappa shape index (κ3) is 3.33. The highest BCUT2D eigenvalue weighted by molar-refractivity contribution is 14.1. The molecule has 1 aliphatic heterocycles. The van der Waals surface area contributed by atoms with Crippen LogP contribution in [0.1, 0.15) is 18.5 Å². The molecule has 0 fully saturated rings. The Morgan fingerprint density at radius 3 is 2.70 bits per heavy atom. The molecule has 2 rings (SSSR count). The van der Waals surface area contributed by atoms with Crippen molar-refractivity contribution in [2.75, 3.05) is 14.2 Å². The van der Waals surface area contributed by atoms with Crippen LogP contribution in [0.5, 0.6) is 11.5 Å². The number of allylic oxidation sites excluding steroid dienone is 1. The van der Waals surface area contributed by atoms with Crippen LogP contribution in [0.25, 0.3) is 0 Å². The molecule has 6 nitrogen and oxygen atoms in total. The molecule has 0 saturated carbocycles. The van der Waals surface area contributed by atoms with E-state index in [1.165, 1.54) is 14.2 Å². The molecule has 23 heavy (non-hydrogen) atoms. The third-order valence-corrected chi connectivity index (χ3v) is 5.38. The Kier molecular flexibility index (Phi) is 5.58. The molecule has 0 aromatic heterocycles. The van der Waals surface area contributed by atoms with Gasteiger partial charge in [0.05, 0.1) is 34.4 Å². The molecule has 0 bridgehead atoms. The van der Waals surface area contributed by atoms with Gasteiger partial charge in [0.1, 0.15) is 0 Å². The number of halogens is 2. The minimum Gasteiger partial charge on any atom is -0.503 e. The van der Waals surface area contributed by atoms with E-state index in [-0.39, 0.29) is 11.5 Å². The third-order valence-electron chi connectivity index (χ3n) is 3.38. The molecule has 1 aromatic carbocycles. The quantitative estimate of drug-likeness (QED) is 0.357. The Labute approximate surface area is 157 Å². The van der Waals surface area contributed by atoms with Crippen molar-refractivity contribution in [1.82, 2.24) is 10.6 Å². The van der Waals surface area contributed by atoms with Crippen LogP contribution in [0, 0.1) is 3.57 Å². The van der Waals surface area contributed by atoms with Crippen LogP contribution in [0.2, 0.25) is 5.02 Å². The van der Waals surface area contributed by atoms with E-state index in [1.807, 2.05) is 22.6 Å². The molecule has 0 spiro atoms. The number of ether oxygens (including phenoxy) is 2. The number of phenolic OH excluding ortho intramolecular Hbond substituents is 1. The fraction of sp³-hybridized carbons (Fsp3) is 0.286. The molecule has 9 heteroatoms. The molecule has 0 radical (unpaired) electrons. The first kappa shape index (κ1) is 18.1. The zero-order chi connectivity index (χ0) is 17.3. The second-order valence-electron chi connectivity index (χ2n) is 4.71. The van der Waals surface area contributed by atoms with Crippen molar-refractivity contribution in [1.29, 1.82) is 0 Å². The zero-order valence-electron chi connectivity index (χ0n) is 12.5. The molecule has 1 atom stereocenters. The molecular weight excluding hydrogens is 455 g/mol. The number of aromatic hydroxyl groups is 1. The molecule has 0 aliphatic carbocycles. The van der Waals surface area contributed by atoms with E-state index >= 15 is 0 Å². The standard InChI is InChI=1S/C14H14ClIN2O4S/c1-5-8(13(20)22-3)11(18-14(23)17-5)6-4-7(21-2)12(19)10(16)9(6)15/h4,11,19H,1-3H3,(H2,17,18,23)/t11-/m0/s1. The first-order chi connectivity index (χ1) is 10.8. The Morgan fingerprint density at radius 1 is 1.48 bits per heavy atom. The van der Waals surface area contributed by atoms with E-state index in [1.54, 1.807) is 13.0 Å². The highest BCUT2D eigenvalue weighted by Crippen LogP contribution is 2.43. The van der Waals surface area contributed by atoms with Crippen LogP contribution < -0.4 is 15.4 Å². The van der Waals surface area contributed by atoms with Crippen molar-refractivity contribution in [2.45, 2.75) is 13.0 Å². The van der Waals surface area contributed by atoms with Gasteiger partial charge in [-0.05, 0) is 47.8 Å². The summed E-state index contributed by atoms with van der Waals surface area (Å²) in [6.07, 6.45) is 0. The van der Waals surface area contributed by atoms with Crippen LogP contribution in [0.15, 0.2) is 17.3 Å². The van der Waals surface area contributed by atoms with Crippen molar-refractivity contribution in [3.63, 3.8) is 0 Å². The Hall–Kier alpha value is -1.26. The lowest BCUT2D eigenvalue weighted by Crippen LogP contribution is -2.45. The highest BCUT2D eigenvalue weighted by atomic mass is 127. The fourth-order valence-electron chi connectivity index (χ4n) is 2.29. The van der Waals surface area contributed by atoms with Gasteiger partial charge < -0.3 is 25.2 Å². The molecule has 0 amide bonds. The van der Waals surface area contributed by atoms with Crippen molar-refractivity contribution >= 4 is 57.5 Å². The maximum Gasteiger partial charge on any atom is 0.337 e. The highest BCUT2D eigenvalue weighted by Gasteiger charge is 2.33. The smallest absolute Gasteiger partial charge is 0.337 e. The molecule has 1 aliphatic rings. The van der Waals surface area contributed by atoms with Crippen molar-refractivity contribution in [3.8, 4) is 11.5 Å². The van der Waals surface area contributed by atoms with Gasteiger partial charge in [-0.25, -0.2) is 4.79 Å². The second-order valence-corrected chi connectivity index (χ2v) is 6.57. The van der Waals surface area contributed by atoms with Gasteiger partial charge in [0, 0.05) is 11.3 Å². The number of hydrogen-bond donors (Lipinski definition) is 3. The first-order valence-corrected chi connectivity index (χ1v) is 8.29. The van der Waals surface area contributed by atoms with Gasteiger partial charge in [-0.15, -0.1) is 0 Å². The van der Waals surface area contributed by atoms with Crippen molar-refractivity contribution in [2.24, 2.45) is 0 Å². The minimum atomic E-state index is -0.619. The number of nitrogens with one attached hydrogen (secondary N) is 2. The van der Waals surface area contributed by atoms with E-state index in [0.717, 1.165) is 0 Å². The topological polar surface area (TPSA) is 79.8 Å². The Bertz CT molecular complexity index is 723. The van der Waals surface area contributed by atoms with E-state index in [0.29, 0.717) is 30.5 Å². The molecule has 124 valence electrons. The Morgan fingerprint density at radius 2 is 2.13 bits per heavy atom. The molecule has 1 heterocycles. The molecule has 1 aromatic rings. The number of esters is 1. The van der Waals surface area contributed by atoms with Crippen LogP contribution >= 0.6 is 46.4 Å². The summed E-state index contributed by atoms with van der Waals surface area (Å²) in [6.45, 7) is 1.73. The van der Waals surface area contributed by atoms with E-state index in [4.69, 9.17) is 33.3 Å². The maximum absolute atomic E-state index is 12.2. The summed E-state index contributed by atoms with van der Waals surface area (Å²) in [4.78, 5) is 12.2. The van der Waals surface area contributed by atoms with Gasteiger partial charge in [0.15, 0.2) is 16.6 Å². The number of benzene rings is 1. The normalized spacial score (nSPS) is 17.4. The summed E-state index contributed by atoms with van der Waals surface area (Å²) in [5.74, 6) is -0.311. The number of thiocarbonyl (C=S) groups is 1. The predicted octanol–water partition coefficient (Wildman–Crippen LogP) is 2.62. The summed E-state index contributed by atoms with van der Waals surface area (Å²) >= 11 is 13.4. The lowest BCUT2D eigenvalue weighted by Gasteiger charge is -2.30. The molecular formula is C14H14ClIN2O4S. The van der Waals surface area contributed by atoms with Gasteiger partial charge in [0.2, 0.25) is 0 Å². The number of rotatable bonds is 3. The summed E-state index contributed by atoms with van der Waals surface area (Å²) in [6, 6.07) is 0.952. The average molecular weight is 469 g/mol. The lowest BCUT2D eigenvalue weighted by molar-refractivity contribution is -0.136. The summed E-state index contributed by atoms with van der Waals surface area (Å²) < 4.78 is 10.4. The van der Waals surface area contributed by atoms with E-state index in [9.17, 15) is 9.90 Å². The number of methoxy groups -OCH3 is 2. The largest absolute Gasteiger partial charge is 0.503 e. The molecule has 0 unspecified atom stereocenters. The van der Waals surface area contributed by atoms with Gasteiger partial charge in [-0.2, -0.15) is 0 Å². The van der Waals surface area contributed by atoms with Crippen LogP contribution in [-0.4, -0.2) is 30.4 Å². The van der Waals surface area contributed by atoms with Gasteiger partial charge in [-0.3, -0.25) is 0 Å². The maximum atomic E-state index is 12.2. The zero-order valence-corrected chi connectivity index (χ0v) is 16.2. The van der Waals surface area contributed by atoms with Crippen molar-refractivity contribution in [3.05, 3.63) is 31.5 Å². The van der Waals surface area contributed by atoms with Crippen LogP contribution in [0.4, 0.5) is 0 Å². The summed E-state index contributed by atoms with van der Waals surface area (Å²) in [7, 11) is 2.74. The van der Waals surface area contributed by atoms with Gasteiger partial charge in [-0.1, -0.05) is 11.6 Å². The molecule has 3 N–H and O–H groups in total. The second kappa shape index (κ2) is 7.10.